The van der Waals surface area contributed by atoms with Gasteiger partial charge in [0, 0.05) is 19.7 Å². The van der Waals surface area contributed by atoms with Gasteiger partial charge in [0.05, 0.1) is 6.61 Å². The molecule has 0 aliphatic carbocycles. The van der Waals surface area contributed by atoms with Crippen molar-refractivity contribution < 1.29 is 4.74 Å². The summed E-state index contributed by atoms with van der Waals surface area (Å²) in [6.45, 7) is 8.44. The molecule has 3 heteroatoms. The molecule has 1 N–H and O–H groups in total. The Morgan fingerprint density at radius 1 is 1.20 bits per heavy atom. The summed E-state index contributed by atoms with van der Waals surface area (Å²) in [6, 6.07) is 11.1. The van der Waals surface area contributed by atoms with Crippen LogP contribution in [0.1, 0.15) is 25.8 Å². The predicted molar refractivity (Wildman–Crippen MR) is 85.9 cm³/mol. The Bertz CT molecular complexity index is 340. The SMILES string of the molecule is COCC(NCCCN(C)Cc1ccccc1)C(C)C. The standard InChI is InChI=1S/C17H30N2O/c1-15(2)17(14-20-4)18-11-8-12-19(3)13-16-9-6-5-7-10-16/h5-7,9-10,15,17-18H,8,11-14H2,1-4H3. The van der Waals surface area contributed by atoms with Gasteiger partial charge < -0.3 is 15.0 Å². The normalized spacial score (nSPS) is 13.1. The predicted octanol–water partition coefficient (Wildman–Crippen LogP) is 2.77. The number of nitrogens with zero attached hydrogens (tertiary/aromatic N) is 1. The van der Waals surface area contributed by atoms with Crippen LogP contribution in [0.15, 0.2) is 30.3 Å². The molecule has 0 saturated carbocycles. The van der Waals surface area contributed by atoms with Crippen molar-refractivity contribution in [3.05, 3.63) is 35.9 Å². The zero-order chi connectivity index (χ0) is 14.8. The van der Waals surface area contributed by atoms with E-state index in [4.69, 9.17) is 4.74 Å². The summed E-state index contributed by atoms with van der Waals surface area (Å²) < 4.78 is 5.25. The third-order valence-electron chi connectivity index (χ3n) is 3.57. The summed E-state index contributed by atoms with van der Waals surface area (Å²) in [5.41, 5.74) is 1.38. The van der Waals surface area contributed by atoms with Gasteiger partial charge in [0.2, 0.25) is 0 Å². The quantitative estimate of drug-likeness (QED) is 0.666. The smallest absolute Gasteiger partial charge is 0.0618 e. The van der Waals surface area contributed by atoms with Gasteiger partial charge in [-0.1, -0.05) is 44.2 Å². The van der Waals surface area contributed by atoms with Crippen LogP contribution >= 0.6 is 0 Å². The van der Waals surface area contributed by atoms with Crippen molar-refractivity contribution in [3.8, 4) is 0 Å². The lowest BCUT2D eigenvalue weighted by atomic mass is 10.1. The first-order chi connectivity index (χ1) is 9.63. The molecule has 0 amide bonds. The fraction of sp³-hybridized carbons (Fsp3) is 0.647. The first-order valence-electron chi connectivity index (χ1n) is 7.58. The molecule has 0 fully saturated rings. The van der Waals surface area contributed by atoms with Gasteiger partial charge in [0.1, 0.15) is 0 Å². The molecule has 1 atom stereocenters. The van der Waals surface area contributed by atoms with E-state index in [0.29, 0.717) is 12.0 Å². The van der Waals surface area contributed by atoms with Gasteiger partial charge in [-0.2, -0.15) is 0 Å². The van der Waals surface area contributed by atoms with Gasteiger partial charge in [0.25, 0.3) is 0 Å². The molecule has 0 bridgehead atoms. The molecule has 0 saturated heterocycles. The number of methoxy groups -OCH3 is 1. The van der Waals surface area contributed by atoms with Crippen LogP contribution in [-0.2, 0) is 11.3 Å². The van der Waals surface area contributed by atoms with Crippen molar-refractivity contribution in [1.29, 1.82) is 0 Å². The van der Waals surface area contributed by atoms with Crippen LogP contribution in [0.2, 0.25) is 0 Å². The van der Waals surface area contributed by atoms with Crippen molar-refractivity contribution >= 4 is 0 Å². The second-order valence-corrected chi connectivity index (χ2v) is 5.84. The third kappa shape index (κ3) is 7.04. The molecule has 0 spiro atoms. The minimum atomic E-state index is 0.458. The first kappa shape index (κ1) is 17.2. The van der Waals surface area contributed by atoms with Crippen molar-refractivity contribution in [2.75, 3.05) is 33.9 Å². The summed E-state index contributed by atoms with van der Waals surface area (Å²) in [5.74, 6) is 0.608. The maximum absolute atomic E-state index is 5.25. The van der Waals surface area contributed by atoms with E-state index in [1.165, 1.54) is 5.56 Å². The summed E-state index contributed by atoms with van der Waals surface area (Å²) in [5, 5.41) is 3.59. The van der Waals surface area contributed by atoms with Gasteiger partial charge in [-0.05, 0) is 38.0 Å². The molecule has 0 heterocycles. The van der Waals surface area contributed by atoms with Crippen molar-refractivity contribution in [2.45, 2.75) is 32.9 Å². The Kier molecular flexibility index (Phi) is 8.51. The number of ether oxygens (including phenoxy) is 1. The molecule has 20 heavy (non-hydrogen) atoms. The third-order valence-corrected chi connectivity index (χ3v) is 3.57. The number of rotatable bonds is 10. The second-order valence-electron chi connectivity index (χ2n) is 5.84. The molecule has 0 aromatic heterocycles. The summed E-state index contributed by atoms with van der Waals surface area (Å²) in [6.07, 6.45) is 1.16. The van der Waals surface area contributed by atoms with Gasteiger partial charge in [-0.3, -0.25) is 0 Å². The maximum atomic E-state index is 5.25. The monoisotopic (exact) mass is 278 g/mol. The molecule has 114 valence electrons. The largest absolute Gasteiger partial charge is 0.383 e. The highest BCUT2D eigenvalue weighted by molar-refractivity contribution is 5.14. The van der Waals surface area contributed by atoms with E-state index >= 15 is 0 Å². The summed E-state index contributed by atoms with van der Waals surface area (Å²) >= 11 is 0. The summed E-state index contributed by atoms with van der Waals surface area (Å²) in [7, 11) is 3.95. The molecule has 0 aliphatic heterocycles. The van der Waals surface area contributed by atoms with Crippen molar-refractivity contribution in [1.82, 2.24) is 10.2 Å². The highest BCUT2D eigenvalue weighted by atomic mass is 16.5. The number of nitrogens with one attached hydrogen (secondary N) is 1. The minimum Gasteiger partial charge on any atom is -0.383 e. The van der Waals surface area contributed by atoms with Crippen LogP contribution in [-0.4, -0.2) is 44.8 Å². The molecule has 1 unspecified atom stereocenters. The zero-order valence-corrected chi connectivity index (χ0v) is 13.4. The van der Waals surface area contributed by atoms with Crippen LogP contribution in [0.4, 0.5) is 0 Å². The van der Waals surface area contributed by atoms with E-state index in [-0.39, 0.29) is 0 Å². The average Bonchev–Trinajstić information content (AvgIpc) is 2.43. The molecule has 0 aliphatic rings. The fourth-order valence-electron chi connectivity index (χ4n) is 2.28. The molecule has 0 radical (unpaired) electrons. The van der Waals surface area contributed by atoms with E-state index in [1.807, 2.05) is 0 Å². The number of hydrogen-bond donors (Lipinski definition) is 1. The highest BCUT2D eigenvalue weighted by Gasteiger charge is 2.11. The molecular weight excluding hydrogens is 248 g/mol. The van der Waals surface area contributed by atoms with E-state index in [9.17, 15) is 0 Å². The highest BCUT2D eigenvalue weighted by Crippen LogP contribution is 2.04. The molecule has 3 nitrogen and oxygen atoms in total. The van der Waals surface area contributed by atoms with Crippen molar-refractivity contribution in [2.24, 2.45) is 5.92 Å². The minimum absolute atomic E-state index is 0.458. The fourth-order valence-corrected chi connectivity index (χ4v) is 2.28. The lowest BCUT2D eigenvalue weighted by Crippen LogP contribution is -2.39. The topological polar surface area (TPSA) is 24.5 Å². The van der Waals surface area contributed by atoms with E-state index in [1.54, 1.807) is 7.11 Å². The van der Waals surface area contributed by atoms with Crippen molar-refractivity contribution in [3.63, 3.8) is 0 Å². The lowest BCUT2D eigenvalue weighted by molar-refractivity contribution is 0.146. The molecule has 1 rings (SSSR count). The zero-order valence-electron chi connectivity index (χ0n) is 13.4. The molecular formula is C17H30N2O. The van der Waals surface area contributed by atoms with Gasteiger partial charge >= 0.3 is 0 Å². The average molecular weight is 278 g/mol. The van der Waals surface area contributed by atoms with Gasteiger partial charge in [-0.15, -0.1) is 0 Å². The molecule has 1 aromatic carbocycles. The van der Waals surface area contributed by atoms with Crippen LogP contribution in [0.3, 0.4) is 0 Å². The first-order valence-corrected chi connectivity index (χ1v) is 7.58. The van der Waals surface area contributed by atoms with Crippen LogP contribution in [0.25, 0.3) is 0 Å². The maximum Gasteiger partial charge on any atom is 0.0618 e. The molecule has 1 aromatic rings. The van der Waals surface area contributed by atoms with E-state index in [0.717, 1.165) is 32.7 Å². The Morgan fingerprint density at radius 3 is 2.50 bits per heavy atom. The van der Waals surface area contributed by atoms with E-state index in [2.05, 4.69) is 61.4 Å². The number of hydrogen-bond acceptors (Lipinski definition) is 3. The Labute approximate surface area is 124 Å². The van der Waals surface area contributed by atoms with Crippen LogP contribution in [0, 0.1) is 5.92 Å². The van der Waals surface area contributed by atoms with Crippen LogP contribution < -0.4 is 5.32 Å². The van der Waals surface area contributed by atoms with Gasteiger partial charge in [0.15, 0.2) is 0 Å². The Hall–Kier alpha value is -0.900. The number of benzene rings is 1. The second kappa shape index (κ2) is 9.92. The van der Waals surface area contributed by atoms with E-state index < -0.39 is 0 Å². The van der Waals surface area contributed by atoms with Gasteiger partial charge in [-0.25, -0.2) is 0 Å². The Morgan fingerprint density at radius 2 is 1.90 bits per heavy atom. The lowest BCUT2D eigenvalue weighted by Gasteiger charge is -2.22. The Balaban J connectivity index is 2.17. The summed E-state index contributed by atoms with van der Waals surface area (Å²) in [4.78, 5) is 2.37. The van der Waals surface area contributed by atoms with Crippen LogP contribution in [0.5, 0.6) is 0 Å².